The molecule has 5 atom stereocenters. The van der Waals surface area contributed by atoms with Gasteiger partial charge in [0.1, 0.15) is 0 Å². The van der Waals surface area contributed by atoms with E-state index in [1.54, 1.807) is 6.08 Å². The van der Waals surface area contributed by atoms with Crippen molar-refractivity contribution in [2.45, 2.75) is 109 Å². The Morgan fingerprint density at radius 1 is 0.906 bits per heavy atom. The Kier molecular flexibility index (Phi) is 8.40. The summed E-state index contributed by atoms with van der Waals surface area (Å²) in [5, 5.41) is 0. The first-order chi connectivity index (χ1) is 15.6. The van der Waals surface area contributed by atoms with Gasteiger partial charge in [-0.3, -0.25) is 0 Å². The van der Waals surface area contributed by atoms with Crippen molar-refractivity contribution < 1.29 is 13.2 Å². The maximum Gasteiger partial charge on any atom is 0.162 e. The second-order valence-electron chi connectivity index (χ2n) is 11.0. The van der Waals surface area contributed by atoms with Gasteiger partial charge >= 0.3 is 0 Å². The molecule has 3 aliphatic rings. The summed E-state index contributed by atoms with van der Waals surface area (Å²) < 4.78 is 43.0. The molecule has 0 aromatic heterocycles. The second kappa shape index (κ2) is 11.3. The molecule has 32 heavy (non-hydrogen) atoms. The summed E-state index contributed by atoms with van der Waals surface area (Å²) in [6.07, 6.45) is 18.7. The van der Waals surface area contributed by atoms with Crippen molar-refractivity contribution in [3.8, 4) is 0 Å². The first kappa shape index (κ1) is 23.9. The maximum atomic E-state index is 15.3. The third-order valence-corrected chi connectivity index (χ3v) is 8.90. The fraction of sp³-hybridized carbons (Fsp3) is 0.724. The van der Waals surface area contributed by atoms with E-state index in [4.69, 9.17) is 0 Å². The monoisotopic (exact) mass is 446 g/mol. The fourth-order valence-corrected chi connectivity index (χ4v) is 7.00. The van der Waals surface area contributed by atoms with Crippen LogP contribution in [0.15, 0.2) is 18.5 Å². The Morgan fingerprint density at radius 2 is 1.69 bits per heavy atom. The van der Waals surface area contributed by atoms with Crippen LogP contribution in [-0.4, -0.2) is 0 Å². The van der Waals surface area contributed by atoms with Crippen molar-refractivity contribution in [3.05, 3.63) is 46.8 Å². The molecule has 0 amide bonds. The van der Waals surface area contributed by atoms with Crippen LogP contribution in [0.3, 0.4) is 0 Å². The van der Waals surface area contributed by atoms with E-state index in [1.807, 2.05) is 6.07 Å². The molecule has 0 saturated heterocycles. The molecule has 1 aromatic carbocycles. The molecule has 3 heteroatoms. The van der Waals surface area contributed by atoms with E-state index in [-0.39, 0.29) is 5.92 Å². The van der Waals surface area contributed by atoms with Crippen molar-refractivity contribution in [2.24, 2.45) is 23.7 Å². The molecule has 0 N–H and O–H groups in total. The van der Waals surface area contributed by atoms with Crippen LogP contribution < -0.4 is 0 Å². The highest BCUT2D eigenvalue weighted by atomic mass is 19.2. The number of halogens is 3. The molecule has 2 fully saturated rings. The number of allylic oxidation sites excluding steroid dienone is 1. The van der Waals surface area contributed by atoms with E-state index in [2.05, 4.69) is 6.92 Å². The highest BCUT2D eigenvalue weighted by molar-refractivity contribution is 5.38. The SMILES string of the molecule is CCCCCCCC1CCc2cc(C3CCC4CC(/C=C/F)CCC4C3)c(F)c(F)c2C1. The van der Waals surface area contributed by atoms with Crippen molar-refractivity contribution in [2.75, 3.05) is 0 Å². The van der Waals surface area contributed by atoms with Crippen LogP contribution in [0.5, 0.6) is 0 Å². The first-order valence-electron chi connectivity index (χ1n) is 13.4. The smallest absolute Gasteiger partial charge is 0.162 e. The van der Waals surface area contributed by atoms with Crippen LogP contribution in [-0.2, 0) is 12.8 Å². The summed E-state index contributed by atoms with van der Waals surface area (Å²) in [5.74, 6) is 1.08. The van der Waals surface area contributed by atoms with Gasteiger partial charge in [0.25, 0.3) is 0 Å². The van der Waals surface area contributed by atoms with E-state index in [0.717, 1.165) is 63.4 Å². The fourth-order valence-electron chi connectivity index (χ4n) is 7.00. The number of fused-ring (bicyclic) bond motifs is 2. The number of benzene rings is 1. The van der Waals surface area contributed by atoms with Crippen LogP contribution in [0.1, 0.15) is 113 Å². The molecule has 0 spiro atoms. The van der Waals surface area contributed by atoms with Crippen LogP contribution in [0, 0.1) is 35.3 Å². The van der Waals surface area contributed by atoms with Crippen LogP contribution in [0.2, 0.25) is 0 Å². The predicted molar refractivity (Wildman–Crippen MR) is 126 cm³/mol. The highest BCUT2D eigenvalue weighted by Crippen LogP contribution is 2.49. The Labute approximate surface area is 193 Å². The lowest BCUT2D eigenvalue weighted by Crippen LogP contribution is -2.30. The van der Waals surface area contributed by atoms with Gasteiger partial charge in [0.2, 0.25) is 0 Å². The molecular weight excluding hydrogens is 405 g/mol. The van der Waals surface area contributed by atoms with Crippen molar-refractivity contribution in [3.63, 3.8) is 0 Å². The Balaban J connectivity index is 1.39. The summed E-state index contributed by atoms with van der Waals surface area (Å²) in [4.78, 5) is 0. The topological polar surface area (TPSA) is 0 Å². The first-order valence-corrected chi connectivity index (χ1v) is 13.4. The third-order valence-electron chi connectivity index (χ3n) is 8.90. The van der Waals surface area contributed by atoms with Crippen LogP contribution >= 0.6 is 0 Å². The minimum atomic E-state index is -0.565. The average molecular weight is 447 g/mol. The Bertz CT molecular complexity index is 783. The molecule has 0 heterocycles. The standard InChI is InChI=1S/C29H41F3/c1-2-3-4-5-6-7-20-9-11-25-19-27(29(32)28(31)26(25)17-20)24-13-12-22-16-21(14-15-30)8-10-23(22)18-24/h14-15,19-24H,2-13,16-18H2,1H3/b15-14+. The Morgan fingerprint density at radius 3 is 2.50 bits per heavy atom. The molecule has 2 saturated carbocycles. The van der Waals surface area contributed by atoms with Gasteiger partial charge in [0.15, 0.2) is 11.6 Å². The highest BCUT2D eigenvalue weighted by Gasteiger charge is 2.37. The van der Waals surface area contributed by atoms with E-state index < -0.39 is 11.6 Å². The molecule has 5 unspecified atom stereocenters. The van der Waals surface area contributed by atoms with Crippen LogP contribution in [0.25, 0.3) is 0 Å². The minimum absolute atomic E-state index is 0.139. The van der Waals surface area contributed by atoms with Crippen molar-refractivity contribution >= 4 is 0 Å². The molecule has 178 valence electrons. The molecule has 0 nitrogen and oxygen atoms in total. The molecule has 0 radical (unpaired) electrons. The number of hydrogen-bond acceptors (Lipinski definition) is 0. The van der Waals surface area contributed by atoms with Crippen molar-refractivity contribution in [1.29, 1.82) is 0 Å². The Hall–Kier alpha value is -1.25. The number of aryl methyl sites for hydroxylation is 1. The van der Waals surface area contributed by atoms with Gasteiger partial charge in [-0.1, -0.05) is 57.6 Å². The van der Waals surface area contributed by atoms with E-state index >= 15 is 8.78 Å². The summed E-state index contributed by atoms with van der Waals surface area (Å²) in [7, 11) is 0. The van der Waals surface area contributed by atoms with E-state index in [1.165, 1.54) is 32.1 Å². The number of unbranched alkanes of at least 4 members (excludes halogenated alkanes) is 4. The third kappa shape index (κ3) is 5.45. The number of rotatable bonds is 8. The van der Waals surface area contributed by atoms with Gasteiger partial charge in [-0.05, 0) is 104 Å². The van der Waals surface area contributed by atoms with Crippen molar-refractivity contribution in [1.82, 2.24) is 0 Å². The predicted octanol–water partition coefficient (Wildman–Crippen LogP) is 9.21. The lowest BCUT2D eigenvalue weighted by molar-refractivity contribution is 0.132. The zero-order chi connectivity index (χ0) is 22.5. The molecule has 4 rings (SSSR count). The van der Waals surface area contributed by atoms with E-state index in [0.29, 0.717) is 47.5 Å². The largest absolute Gasteiger partial charge is 0.216 e. The normalized spacial score (nSPS) is 30.3. The summed E-state index contributed by atoms with van der Waals surface area (Å²) >= 11 is 0. The van der Waals surface area contributed by atoms with Gasteiger partial charge < -0.3 is 0 Å². The zero-order valence-electron chi connectivity index (χ0n) is 19.9. The summed E-state index contributed by atoms with van der Waals surface area (Å²) in [6, 6.07) is 2.04. The quantitative estimate of drug-likeness (QED) is 0.349. The minimum Gasteiger partial charge on any atom is -0.216 e. The molecular formula is C29H41F3. The molecule has 0 aliphatic heterocycles. The average Bonchev–Trinajstić information content (AvgIpc) is 2.81. The van der Waals surface area contributed by atoms with Gasteiger partial charge in [-0.25, -0.2) is 13.2 Å². The molecule has 1 aromatic rings. The maximum absolute atomic E-state index is 15.3. The second-order valence-corrected chi connectivity index (χ2v) is 11.0. The summed E-state index contributed by atoms with van der Waals surface area (Å²) in [6.45, 7) is 2.23. The zero-order valence-corrected chi connectivity index (χ0v) is 19.9. The molecule has 0 bridgehead atoms. The lowest BCUT2D eigenvalue weighted by Gasteiger charge is -2.42. The number of hydrogen-bond donors (Lipinski definition) is 0. The lowest BCUT2D eigenvalue weighted by atomic mass is 9.63. The van der Waals surface area contributed by atoms with Gasteiger partial charge in [0.05, 0.1) is 6.33 Å². The van der Waals surface area contributed by atoms with Crippen LogP contribution in [0.4, 0.5) is 13.2 Å². The van der Waals surface area contributed by atoms with Gasteiger partial charge in [-0.2, -0.15) is 0 Å². The van der Waals surface area contributed by atoms with Gasteiger partial charge in [0, 0.05) is 0 Å². The van der Waals surface area contributed by atoms with E-state index in [9.17, 15) is 4.39 Å². The molecule has 3 aliphatic carbocycles. The van der Waals surface area contributed by atoms with Gasteiger partial charge in [-0.15, -0.1) is 0 Å². The summed E-state index contributed by atoms with van der Waals surface area (Å²) in [5.41, 5.74) is 2.38.